The first-order chi connectivity index (χ1) is 5.98. The van der Waals surface area contributed by atoms with Crippen LogP contribution in [0.2, 0.25) is 0 Å². The Balaban J connectivity index is 3.70. The van der Waals surface area contributed by atoms with Crippen molar-refractivity contribution < 1.29 is 18.3 Å². The molecule has 3 N–H and O–H groups in total. The second kappa shape index (κ2) is 5.93. The van der Waals surface area contributed by atoms with Crippen LogP contribution in [0.5, 0.6) is 0 Å². The number of aliphatic carboxylic acids is 1. The number of carboxylic acid groups (broad SMARTS) is 1. The summed E-state index contributed by atoms with van der Waals surface area (Å²) in [4.78, 5) is 10.1. The molecule has 0 aliphatic carbocycles. The monoisotopic (exact) mass is 209 g/mol. The van der Waals surface area contributed by atoms with Gasteiger partial charge in [0.25, 0.3) is 0 Å². The summed E-state index contributed by atoms with van der Waals surface area (Å²) in [5.74, 6) is -0.961. The number of rotatable bonds is 7. The van der Waals surface area contributed by atoms with Crippen LogP contribution >= 0.6 is 0 Å². The number of sulfone groups is 1. The highest BCUT2D eigenvalue weighted by Gasteiger charge is 2.10. The van der Waals surface area contributed by atoms with E-state index in [-0.39, 0.29) is 24.3 Å². The summed E-state index contributed by atoms with van der Waals surface area (Å²) in [5, 5.41) is 8.27. The van der Waals surface area contributed by atoms with E-state index in [0.717, 1.165) is 0 Å². The molecular weight excluding hydrogens is 194 g/mol. The van der Waals surface area contributed by atoms with Crippen molar-refractivity contribution in [2.45, 2.75) is 19.3 Å². The van der Waals surface area contributed by atoms with Gasteiger partial charge in [0.15, 0.2) is 0 Å². The molecule has 0 atom stereocenters. The maximum absolute atomic E-state index is 11.1. The van der Waals surface area contributed by atoms with Crippen LogP contribution in [0.3, 0.4) is 0 Å². The molecule has 78 valence electrons. The van der Waals surface area contributed by atoms with Gasteiger partial charge in [-0.2, -0.15) is 0 Å². The van der Waals surface area contributed by atoms with Gasteiger partial charge in [0.2, 0.25) is 0 Å². The number of carbonyl (C=O) groups is 1. The van der Waals surface area contributed by atoms with Crippen LogP contribution in [0.1, 0.15) is 19.3 Å². The van der Waals surface area contributed by atoms with Crippen molar-refractivity contribution in [3.8, 4) is 0 Å². The van der Waals surface area contributed by atoms with Crippen LogP contribution in [0.25, 0.3) is 0 Å². The third-order valence-corrected chi connectivity index (χ3v) is 3.33. The molecule has 0 radical (unpaired) electrons. The van der Waals surface area contributed by atoms with Gasteiger partial charge in [0, 0.05) is 6.42 Å². The summed E-state index contributed by atoms with van der Waals surface area (Å²) in [6.07, 6.45) is 0.527. The van der Waals surface area contributed by atoms with Gasteiger partial charge in [0.1, 0.15) is 9.84 Å². The Labute approximate surface area is 77.8 Å². The van der Waals surface area contributed by atoms with Gasteiger partial charge >= 0.3 is 5.97 Å². The lowest BCUT2D eigenvalue weighted by atomic mass is 10.3. The molecule has 0 aliphatic rings. The summed E-state index contributed by atoms with van der Waals surface area (Å²) in [6.45, 7) is 0.345. The summed E-state index contributed by atoms with van der Waals surface area (Å²) in [5.41, 5.74) is 5.15. The first-order valence-corrected chi connectivity index (χ1v) is 5.92. The fourth-order valence-corrected chi connectivity index (χ4v) is 2.24. The van der Waals surface area contributed by atoms with E-state index in [1.54, 1.807) is 0 Å². The van der Waals surface area contributed by atoms with E-state index in [2.05, 4.69) is 0 Å². The molecule has 0 unspecified atom stereocenters. The minimum Gasteiger partial charge on any atom is -0.481 e. The van der Waals surface area contributed by atoms with Crippen LogP contribution < -0.4 is 5.73 Å². The van der Waals surface area contributed by atoms with E-state index in [1.165, 1.54) is 0 Å². The van der Waals surface area contributed by atoms with E-state index >= 15 is 0 Å². The van der Waals surface area contributed by atoms with Gasteiger partial charge in [-0.15, -0.1) is 0 Å². The molecule has 13 heavy (non-hydrogen) atoms. The molecule has 0 aromatic rings. The molecule has 0 aromatic carbocycles. The second-order valence-electron chi connectivity index (χ2n) is 2.79. The van der Waals surface area contributed by atoms with Crippen molar-refractivity contribution in [1.82, 2.24) is 0 Å². The normalized spacial score (nSPS) is 11.5. The van der Waals surface area contributed by atoms with E-state index in [4.69, 9.17) is 10.8 Å². The van der Waals surface area contributed by atoms with Crippen molar-refractivity contribution in [1.29, 1.82) is 0 Å². The van der Waals surface area contributed by atoms with Crippen molar-refractivity contribution in [2.75, 3.05) is 18.1 Å². The highest BCUT2D eigenvalue weighted by molar-refractivity contribution is 7.91. The molecule has 0 amide bonds. The standard InChI is InChI=1S/C7H15NO4S/c8-4-2-6-13(11,12)5-1-3-7(9)10/h1-6,8H2,(H,9,10). The Bertz CT molecular complexity index is 247. The minimum atomic E-state index is -3.08. The minimum absolute atomic E-state index is 0.0563. The maximum Gasteiger partial charge on any atom is 0.303 e. The zero-order valence-corrected chi connectivity index (χ0v) is 8.22. The summed E-state index contributed by atoms with van der Waals surface area (Å²) in [7, 11) is -3.08. The number of hydrogen-bond acceptors (Lipinski definition) is 4. The lowest BCUT2D eigenvalue weighted by Gasteiger charge is -2.01. The summed E-state index contributed by atoms with van der Waals surface area (Å²) in [6, 6.07) is 0. The Hall–Kier alpha value is -0.620. The van der Waals surface area contributed by atoms with Gasteiger partial charge in [-0.05, 0) is 19.4 Å². The average molecular weight is 209 g/mol. The smallest absolute Gasteiger partial charge is 0.303 e. The van der Waals surface area contributed by atoms with E-state index in [0.29, 0.717) is 13.0 Å². The van der Waals surface area contributed by atoms with E-state index in [1.807, 2.05) is 0 Å². The van der Waals surface area contributed by atoms with E-state index in [9.17, 15) is 13.2 Å². The van der Waals surface area contributed by atoms with Crippen molar-refractivity contribution >= 4 is 15.8 Å². The van der Waals surface area contributed by atoms with Crippen molar-refractivity contribution in [3.05, 3.63) is 0 Å². The fraction of sp³-hybridized carbons (Fsp3) is 0.857. The van der Waals surface area contributed by atoms with Gasteiger partial charge < -0.3 is 10.8 Å². The van der Waals surface area contributed by atoms with Crippen LogP contribution in [0.15, 0.2) is 0 Å². The zero-order valence-electron chi connectivity index (χ0n) is 7.40. The molecule has 6 heteroatoms. The largest absolute Gasteiger partial charge is 0.481 e. The summed E-state index contributed by atoms with van der Waals surface area (Å²) >= 11 is 0. The first kappa shape index (κ1) is 12.4. The molecule has 0 aliphatic heterocycles. The Morgan fingerprint density at radius 1 is 1.23 bits per heavy atom. The van der Waals surface area contributed by atoms with Crippen LogP contribution in [0.4, 0.5) is 0 Å². The molecule has 0 saturated heterocycles. The molecule has 0 spiro atoms. The lowest BCUT2D eigenvalue weighted by molar-refractivity contribution is -0.137. The lowest BCUT2D eigenvalue weighted by Crippen LogP contribution is -2.15. The quantitative estimate of drug-likeness (QED) is 0.595. The van der Waals surface area contributed by atoms with Crippen LogP contribution in [-0.4, -0.2) is 37.5 Å². The fourth-order valence-electron chi connectivity index (χ4n) is 0.849. The highest BCUT2D eigenvalue weighted by Crippen LogP contribution is 1.99. The second-order valence-corrected chi connectivity index (χ2v) is 5.09. The van der Waals surface area contributed by atoms with E-state index < -0.39 is 15.8 Å². The average Bonchev–Trinajstić information content (AvgIpc) is 2.00. The molecule has 0 heterocycles. The van der Waals surface area contributed by atoms with Crippen molar-refractivity contribution in [3.63, 3.8) is 0 Å². The Kier molecular flexibility index (Phi) is 5.65. The molecule has 0 rings (SSSR count). The number of nitrogens with two attached hydrogens (primary N) is 1. The first-order valence-electron chi connectivity index (χ1n) is 4.10. The molecule has 0 saturated carbocycles. The third kappa shape index (κ3) is 7.73. The predicted molar refractivity (Wildman–Crippen MR) is 49.2 cm³/mol. The zero-order chi connectivity index (χ0) is 10.3. The van der Waals surface area contributed by atoms with Gasteiger partial charge in [-0.1, -0.05) is 0 Å². The van der Waals surface area contributed by atoms with Gasteiger partial charge in [0.05, 0.1) is 11.5 Å². The Morgan fingerprint density at radius 2 is 1.77 bits per heavy atom. The number of hydrogen-bond donors (Lipinski definition) is 2. The molecule has 5 nitrogen and oxygen atoms in total. The topological polar surface area (TPSA) is 97.5 Å². The Morgan fingerprint density at radius 3 is 2.23 bits per heavy atom. The SMILES string of the molecule is NCCCS(=O)(=O)CCCC(=O)O. The van der Waals surface area contributed by atoms with Gasteiger partial charge in [-0.25, -0.2) is 8.42 Å². The highest BCUT2D eigenvalue weighted by atomic mass is 32.2. The number of carboxylic acids is 1. The molecule has 0 aromatic heterocycles. The molecule has 0 bridgehead atoms. The van der Waals surface area contributed by atoms with Crippen LogP contribution in [-0.2, 0) is 14.6 Å². The van der Waals surface area contributed by atoms with Crippen molar-refractivity contribution in [2.24, 2.45) is 5.73 Å². The third-order valence-electron chi connectivity index (χ3n) is 1.51. The summed E-state index contributed by atoms with van der Waals surface area (Å²) < 4.78 is 22.2. The van der Waals surface area contributed by atoms with Gasteiger partial charge in [-0.3, -0.25) is 4.79 Å². The van der Waals surface area contributed by atoms with Crippen LogP contribution in [0, 0.1) is 0 Å². The molecular formula is C7H15NO4S. The maximum atomic E-state index is 11.1. The predicted octanol–water partition coefficient (Wildman–Crippen LogP) is -0.385. The molecule has 0 fully saturated rings.